The number of benzene rings is 1. The zero-order valence-electron chi connectivity index (χ0n) is 27.7. The van der Waals surface area contributed by atoms with Gasteiger partial charge in [-0.05, 0) is 39.0 Å². The number of amides is 3. The normalized spacial score (nSPS) is 13.7. The van der Waals surface area contributed by atoms with Crippen LogP contribution in [0.5, 0.6) is 11.5 Å². The maximum atomic E-state index is 15.1. The minimum absolute atomic E-state index is 0.0413. The molecule has 1 aliphatic heterocycles. The van der Waals surface area contributed by atoms with E-state index >= 15 is 4.39 Å². The second-order valence-corrected chi connectivity index (χ2v) is 13.2. The smallest absolute Gasteiger partial charge is 0.410 e. The van der Waals surface area contributed by atoms with E-state index in [9.17, 15) is 9.59 Å². The van der Waals surface area contributed by atoms with Crippen molar-refractivity contribution in [3.8, 4) is 22.8 Å². The van der Waals surface area contributed by atoms with Crippen LogP contribution in [0.1, 0.15) is 47.4 Å². The number of nitrogens with one attached hydrogen (secondary N) is 2. The van der Waals surface area contributed by atoms with Crippen LogP contribution < -0.4 is 20.3 Å². The summed E-state index contributed by atoms with van der Waals surface area (Å²) in [5.74, 6) is 1.13. The molecule has 0 saturated carbocycles. The molecule has 4 heterocycles. The van der Waals surface area contributed by atoms with Crippen LogP contribution in [-0.2, 0) is 17.2 Å². The van der Waals surface area contributed by atoms with Crippen molar-refractivity contribution in [2.75, 3.05) is 41.7 Å². The number of hydrogen-bond donors (Lipinski definition) is 2. The second kappa shape index (κ2) is 13.2. The molecule has 13 nitrogen and oxygen atoms in total. The molecule has 3 aromatic heterocycles. The second-order valence-electron chi connectivity index (χ2n) is 13.2. The highest BCUT2D eigenvalue weighted by Gasteiger charge is 2.29. The predicted molar refractivity (Wildman–Crippen MR) is 176 cm³/mol. The van der Waals surface area contributed by atoms with Crippen molar-refractivity contribution in [2.45, 2.75) is 52.6 Å². The highest BCUT2D eigenvalue weighted by Crippen LogP contribution is 2.30. The number of rotatable bonds is 6. The van der Waals surface area contributed by atoms with E-state index in [0.717, 1.165) is 5.56 Å². The molecule has 2 N–H and O–H groups in total. The molecule has 0 bridgehead atoms. The first kappa shape index (κ1) is 33.1. The Morgan fingerprint density at radius 1 is 0.894 bits per heavy atom. The number of hydrogen-bond acceptors (Lipinski definition) is 9. The maximum absolute atomic E-state index is 15.1. The van der Waals surface area contributed by atoms with E-state index in [4.69, 9.17) is 14.5 Å². The lowest BCUT2D eigenvalue weighted by molar-refractivity contribution is 0.0240. The summed E-state index contributed by atoms with van der Waals surface area (Å²) in [5.41, 5.74) is 0.847. The van der Waals surface area contributed by atoms with Gasteiger partial charge in [-0.3, -0.25) is 9.67 Å². The van der Waals surface area contributed by atoms with Gasteiger partial charge in [-0.25, -0.2) is 23.9 Å². The monoisotopic (exact) mass is 645 g/mol. The number of ether oxygens (including phenoxy) is 2. The van der Waals surface area contributed by atoms with Crippen LogP contribution in [0.15, 0.2) is 55.1 Å². The number of urea groups is 1. The van der Waals surface area contributed by atoms with Crippen molar-refractivity contribution in [1.82, 2.24) is 29.6 Å². The Morgan fingerprint density at radius 2 is 1.60 bits per heavy atom. The Kier molecular flexibility index (Phi) is 9.31. The third-order valence-corrected chi connectivity index (χ3v) is 7.08. The molecule has 1 fully saturated rings. The summed E-state index contributed by atoms with van der Waals surface area (Å²) in [7, 11) is 1.81. The Balaban J connectivity index is 1.26. The summed E-state index contributed by atoms with van der Waals surface area (Å²) in [6.07, 6.45) is 6.29. The number of anilines is 3. The van der Waals surface area contributed by atoms with Crippen LogP contribution in [0, 0.1) is 5.82 Å². The predicted octanol–water partition coefficient (Wildman–Crippen LogP) is 6.20. The van der Waals surface area contributed by atoms with Gasteiger partial charge in [0.1, 0.15) is 34.4 Å². The lowest BCUT2D eigenvalue weighted by Gasteiger charge is -2.37. The minimum atomic E-state index is -0.683. The molecule has 248 valence electrons. The van der Waals surface area contributed by atoms with Gasteiger partial charge in [0.2, 0.25) is 0 Å². The number of piperazine rings is 1. The Morgan fingerprint density at radius 3 is 2.23 bits per heavy atom. The molecule has 1 saturated heterocycles. The topological polar surface area (TPSA) is 140 Å². The molecule has 5 rings (SSSR count). The van der Waals surface area contributed by atoms with Crippen LogP contribution in [0.2, 0.25) is 0 Å². The molecule has 1 aromatic carbocycles. The average molecular weight is 646 g/mol. The Bertz CT molecular complexity index is 1760. The minimum Gasteiger partial charge on any atom is -0.457 e. The largest absolute Gasteiger partial charge is 0.457 e. The van der Waals surface area contributed by atoms with Gasteiger partial charge in [0, 0.05) is 68.7 Å². The molecule has 14 heteroatoms. The van der Waals surface area contributed by atoms with Crippen LogP contribution in [0.4, 0.5) is 31.2 Å². The fraction of sp³-hybridized carbons (Fsp3) is 0.394. The van der Waals surface area contributed by atoms with Crippen LogP contribution in [-0.4, -0.2) is 73.5 Å². The number of aromatic nitrogens is 5. The van der Waals surface area contributed by atoms with E-state index in [1.807, 2.05) is 59.7 Å². The number of aryl methyl sites for hydroxylation is 1. The third kappa shape index (κ3) is 8.51. The SMILES string of the molecule is Cn1cc(-c2cc(Oc3ccc(NC(=O)Nc4cnc(C(C)(C)C)nc4N4CCN(C(=O)OC(C)(C)C)CC4)c(F)c3)ccn2)cn1. The highest BCUT2D eigenvalue weighted by atomic mass is 19.1. The fourth-order valence-electron chi connectivity index (χ4n) is 4.75. The van der Waals surface area contributed by atoms with E-state index in [-0.39, 0.29) is 22.9 Å². The zero-order chi connectivity index (χ0) is 33.9. The van der Waals surface area contributed by atoms with Crippen molar-refractivity contribution in [3.63, 3.8) is 0 Å². The van der Waals surface area contributed by atoms with Gasteiger partial charge in [-0.1, -0.05) is 20.8 Å². The summed E-state index contributed by atoms with van der Waals surface area (Å²) >= 11 is 0. The standard InChI is InChI=1S/C33H40FN9O4/c1-32(2,3)29-36-19-27(28(40-29)42-12-14-43(15-13-42)31(45)47-33(4,5)6)39-30(44)38-25-9-8-22(16-24(25)34)46-23-10-11-35-26(17-23)21-18-37-41(7)20-21/h8-11,16-20H,12-15H2,1-7H3,(H2,38,39,44). The van der Waals surface area contributed by atoms with E-state index in [1.54, 1.807) is 46.4 Å². The fourth-order valence-corrected chi connectivity index (χ4v) is 4.75. The van der Waals surface area contributed by atoms with Gasteiger partial charge in [0.15, 0.2) is 5.82 Å². The van der Waals surface area contributed by atoms with Crippen molar-refractivity contribution in [3.05, 3.63) is 66.8 Å². The zero-order valence-corrected chi connectivity index (χ0v) is 27.7. The third-order valence-electron chi connectivity index (χ3n) is 7.08. The van der Waals surface area contributed by atoms with E-state index in [2.05, 4.69) is 25.7 Å². The number of nitrogens with zero attached hydrogens (tertiary/aromatic N) is 7. The van der Waals surface area contributed by atoms with Crippen molar-refractivity contribution in [2.24, 2.45) is 7.05 Å². The Hall–Kier alpha value is -5.27. The van der Waals surface area contributed by atoms with Gasteiger partial charge in [-0.2, -0.15) is 5.10 Å². The number of halogens is 1. The molecule has 0 unspecified atom stereocenters. The summed E-state index contributed by atoms with van der Waals surface area (Å²) < 4.78 is 28.2. The van der Waals surface area contributed by atoms with E-state index in [0.29, 0.717) is 55.0 Å². The highest BCUT2D eigenvalue weighted by molar-refractivity contribution is 6.01. The maximum Gasteiger partial charge on any atom is 0.410 e. The van der Waals surface area contributed by atoms with Crippen molar-refractivity contribution in [1.29, 1.82) is 0 Å². The summed E-state index contributed by atoms with van der Waals surface area (Å²) in [6.45, 7) is 13.2. The Labute approximate surface area is 273 Å². The molecule has 0 atom stereocenters. The van der Waals surface area contributed by atoms with E-state index < -0.39 is 17.4 Å². The molecule has 3 amide bonds. The lowest BCUT2D eigenvalue weighted by atomic mass is 9.96. The van der Waals surface area contributed by atoms with E-state index in [1.165, 1.54) is 12.1 Å². The quantitative estimate of drug-likeness (QED) is 0.251. The molecular formula is C33H40FN9O4. The van der Waals surface area contributed by atoms with Crippen LogP contribution in [0.25, 0.3) is 11.3 Å². The first-order valence-corrected chi connectivity index (χ1v) is 15.3. The molecule has 1 aliphatic rings. The van der Waals surface area contributed by atoms with Gasteiger partial charge >= 0.3 is 12.1 Å². The molecular weight excluding hydrogens is 605 g/mol. The molecule has 0 aliphatic carbocycles. The number of carbonyl (C=O) groups is 2. The summed E-state index contributed by atoms with van der Waals surface area (Å²) in [6, 6.07) is 6.89. The first-order valence-electron chi connectivity index (χ1n) is 15.3. The van der Waals surface area contributed by atoms with Crippen molar-refractivity contribution < 1.29 is 23.5 Å². The van der Waals surface area contributed by atoms with Crippen LogP contribution >= 0.6 is 0 Å². The first-order chi connectivity index (χ1) is 22.1. The number of pyridine rings is 1. The summed E-state index contributed by atoms with van der Waals surface area (Å²) in [5, 5.41) is 9.49. The van der Waals surface area contributed by atoms with Gasteiger partial charge < -0.3 is 29.9 Å². The van der Waals surface area contributed by atoms with Gasteiger partial charge in [-0.15, -0.1) is 0 Å². The summed E-state index contributed by atoms with van der Waals surface area (Å²) in [4.78, 5) is 42.9. The van der Waals surface area contributed by atoms with Crippen LogP contribution in [0.3, 0.4) is 0 Å². The van der Waals surface area contributed by atoms with Gasteiger partial charge in [0.05, 0.1) is 23.8 Å². The molecule has 0 radical (unpaired) electrons. The molecule has 47 heavy (non-hydrogen) atoms. The average Bonchev–Trinajstić information content (AvgIpc) is 3.44. The molecule has 4 aromatic rings. The van der Waals surface area contributed by atoms with Crippen molar-refractivity contribution >= 4 is 29.3 Å². The molecule has 0 spiro atoms. The van der Waals surface area contributed by atoms with Gasteiger partial charge in [0.25, 0.3) is 0 Å². The number of carbonyl (C=O) groups excluding carboxylic acids is 2. The lowest BCUT2D eigenvalue weighted by Crippen LogP contribution is -2.50.